The maximum atomic E-state index is 3.53. The van der Waals surface area contributed by atoms with Crippen LogP contribution in [0.4, 0.5) is 0 Å². The highest BCUT2D eigenvalue weighted by molar-refractivity contribution is 5.23. The van der Waals surface area contributed by atoms with E-state index in [1.54, 1.807) is 0 Å². The summed E-state index contributed by atoms with van der Waals surface area (Å²) in [4.78, 5) is 2.60. The van der Waals surface area contributed by atoms with E-state index in [1.807, 2.05) is 0 Å². The largest absolute Gasteiger partial charge is 0.312 e. The molecule has 21 heavy (non-hydrogen) atoms. The van der Waals surface area contributed by atoms with Gasteiger partial charge in [0.2, 0.25) is 0 Å². The summed E-state index contributed by atoms with van der Waals surface area (Å²) in [5.74, 6) is 0.713. The van der Waals surface area contributed by atoms with Crippen LogP contribution in [-0.2, 0) is 13.1 Å². The summed E-state index contributed by atoms with van der Waals surface area (Å²) in [5.41, 5.74) is 3.41. The van der Waals surface area contributed by atoms with Crippen molar-refractivity contribution in [3.63, 3.8) is 0 Å². The average Bonchev–Trinajstić information content (AvgIpc) is 2.41. The quantitative estimate of drug-likeness (QED) is 0.849. The first-order valence-corrected chi connectivity index (χ1v) is 8.45. The van der Waals surface area contributed by atoms with Crippen molar-refractivity contribution in [2.75, 3.05) is 19.6 Å². The number of nitrogens with zero attached hydrogens (tertiary/aromatic N) is 1. The molecule has 1 aromatic carbocycles. The van der Waals surface area contributed by atoms with Crippen LogP contribution in [-0.4, -0.2) is 24.5 Å². The molecule has 1 fully saturated rings. The predicted molar refractivity (Wildman–Crippen MR) is 91.3 cm³/mol. The second-order valence-corrected chi connectivity index (χ2v) is 7.79. The fourth-order valence-electron chi connectivity index (χ4n) is 2.92. The van der Waals surface area contributed by atoms with Crippen LogP contribution >= 0.6 is 0 Å². The van der Waals surface area contributed by atoms with Crippen molar-refractivity contribution in [1.82, 2.24) is 10.2 Å². The van der Waals surface area contributed by atoms with Crippen molar-refractivity contribution in [1.29, 1.82) is 0 Å². The molecule has 0 spiro atoms. The Morgan fingerprint density at radius 3 is 2.48 bits per heavy atom. The van der Waals surface area contributed by atoms with Crippen LogP contribution < -0.4 is 5.32 Å². The lowest BCUT2D eigenvalue weighted by Crippen LogP contribution is -2.36. The monoisotopic (exact) mass is 288 g/mol. The molecule has 0 aromatic heterocycles. The molecule has 0 aliphatic carbocycles. The lowest BCUT2D eigenvalue weighted by atomic mass is 9.82. The number of likely N-dealkylation sites (tertiary alicyclic amines) is 1. The Morgan fingerprint density at radius 1 is 1.14 bits per heavy atom. The molecule has 1 aliphatic heterocycles. The van der Waals surface area contributed by atoms with Crippen LogP contribution in [0.2, 0.25) is 0 Å². The van der Waals surface area contributed by atoms with E-state index in [-0.39, 0.29) is 0 Å². The van der Waals surface area contributed by atoms with E-state index < -0.39 is 0 Å². The molecule has 1 N–H and O–H groups in total. The van der Waals surface area contributed by atoms with E-state index in [1.165, 1.54) is 37.1 Å². The van der Waals surface area contributed by atoms with Crippen LogP contribution in [0.25, 0.3) is 0 Å². The van der Waals surface area contributed by atoms with E-state index in [9.17, 15) is 0 Å². The van der Waals surface area contributed by atoms with Gasteiger partial charge in [0, 0.05) is 13.1 Å². The van der Waals surface area contributed by atoms with E-state index in [4.69, 9.17) is 0 Å². The Labute approximate surface area is 130 Å². The van der Waals surface area contributed by atoms with Crippen LogP contribution in [0.15, 0.2) is 24.3 Å². The Bertz CT molecular complexity index is 427. The standard InChI is InChI=1S/C19H32N2/c1-16(2)13-20-14-17-6-5-7-18(12-17)15-21-10-8-19(3,4)9-11-21/h5-7,12,16,20H,8-11,13-15H2,1-4H3. The predicted octanol–water partition coefficient (Wildman–Crippen LogP) is 4.05. The number of rotatable bonds is 6. The molecule has 1 heterocycles. The maximum absolute atomic E-state index is 3.53. The molecule has 118 valence electrons. The minimum absolute atomic E-state index is 0.541. The topological polar surface area (TPSA) is 15.3 Å². The molecule has 1 saturated heterocycles. The van der Waals surface area contributed by atoms with Crippen molar-refractivity contribution in [3.8, 4) is 0 Å². The van der Waals surface area contributed by atoms with Crippen molar-refractivity contribution in [2.45, 2.75) is 53.6 Å². The van der Waals surface area contributed by atoms with Crippen LogP contribution in [0, 0.1) is 11.3 Å². The Hall–Kier alpha value is -0.860. The lowest BCUT2D eigenvalue weighted by molar-refractivity contribution is 0.127. The molecule has 0 atom stereocenters. The number of hydrogen-bond donors (Lipinski definition) is 1. The molecule has 1 aliphatic rings. The van der Waals surface area contributed by atoms with Gasteiger partial charge in [0.1, 0.15) is 0 Å². The van der Waals surface area contributed by atoms with E-state index >= 15 is 0 Å². The first kappa shape index (κ1) is 16.5. The Kier molecular flexibility index (Phi) is 5.83. The zero-order valence-electron chi connectivity index (χ0n) is 14.3. The maximum Gasteiger partial charge on any atom is 0.0233 e. The van der Waals surface area contributed by atoms with Crippen LogP contribution in [0.5, 0.6) is 0 Å². The van der Waals surface area contributed by atoms with Crippen molar-refractivity contribution in [2.24, 2.45) is 11.3 Å². The minimum Gasteiger partial charge on any atom is -0.312 e. The average molecular weight is 288 g/mol. The van der Waals surface area contributed by atoms with Gasteiger partial charge in [-0.05, 0) is 54.9 Å². The summed E-state index contributed by atoms with van der Waals surface area (Å²) in [5, 5.41) is 3.53. The first-order valence-electron chi connectivity index (χ1n) is 8.45. The number of nitrogens with one attached hydrogen (secondary N) is 1. The molecule has 1 aromatic rings. The second kappa shape index (κ2) is 7.42. The third-order valence-electron chi connectivity index (χ3n) is 4.49. The summed E-state index contributed by atoms with van der Waals surface area (Å²) in [6.07, 6.45) is 2.64. The smallest absolute Gasteiger partial charge is 0.0233 e. The van der Waals surface area contributed by atoms with Crippen molar-refractivity contribution in [3.05, 3.63) is 35.4 Å². The van der Waals surface area contributed by atoms with Crippen LogP contribution in [0.3, 0.4) is 0 Å². The SMILES string of the molecule is CC(C)CNCc1cccc(CN2CCC(C)(C)CC2)c1. The molecule has 2 heteroatoms. The summed E-state index contributed by atoms with van der Waals surface area (Å²) < 4.78 is 0. The van der Waals surface area contributed by atoms with Gasteiger partial charge in [-0.25, -0.2) is 0 Å². The molecule has 0 amide bonds. The van der Waals surface area contributed by atoms with Crippen molar-refractivity contribution < 1.29 is 0 Å². The fraction of sp³-hybridized carbons (Fsp3) is 0.684. The van der Waals surface area contributed by atoms with Gasteiger partial charge in [-0.2, -0.15) is 0 Å². The number of hydrogen-bond acceptors (Lipinski definition) is 2. The van der Waals surface area contributed by atoms with Gasteiger partial charge in [0.15, 0.2) is 0 Å². The molecule has 0 saturated carbocycles. The van der Waals surface area contributed by atoms with E-state index in [0.29, 0.717) is 11.3 Å². The third kappa shape index (κ3) is 5.80. The van der Waals surface area contributed by atoms with Gasteiger partial charge in [-0.15, -0.1) is 0 Å². The zero-order chi connectivity index (χ0) is 15.3. The highest BCUT2D eigenvalue weighted by Gasteiger charge is 2.25. The summed E-state index contributed by atoms with van der Waals surface area (Å²) >= 11 is 0. The van der Waals surface area contributed by atoms with Crippen LogP contribution in [0.1, 0.15) is 51.7 Å². The second-order valence-electron chi connectivity index (χ2n) is 7.79. The number of benzene rings is 1. The van der Waals surface area contributed by atoms with Gasteiger partial charge >= 0.3 is 0 Å². The highest BCUT2D eigenvalue weighted by Crippen LogP contribution is 2.30. The fourth-order valence-corrected chi connectivity index (χ4v) is 2.92. The Morgan fingerprint density at radius 2 is 1.81 bits per heavy atom. The lowest BCUT2D eigenvalue weighted by Gasteiger charge is -2.37. The first-order chi connectivity index (χ1) is 9.94. The normalized spacial score (nSPS) is 19.1. The summed E-state index contributed by atoms with van der Waals surface area (Å²) in [6.45, 7) is 14.9. The van der Waals surface area contributed by atoms with Gasteiger partial charge in [-0.1, -0.05) is 52.0 Å². The molecule has 2 rings (SSSR count). The van der Waals surface area contributed by atoms with Crippen molar-refractivity contribution >= 4 is 0 Å². The molecule has 0 unspecified atom stereocenters. The molecular weight excluding hydrogens is 256 g/mol. The van der Waals surface area contributed by atoms with E-state index in [2.05, 4.69) is 62.2 Å². The van der Waals surface area contributed by atoms with E-state index in [0.717, 1.165) is 19.6 Å². The van der Waals surface area contributed by atoms with Gasteiger partial charge in [-0.3, -0.25) is 4.90 Å². The highest BCUT2D eigenvalue weighted by atomic mass is 15.1. The van der Waals surface area contributed by atoms with Gasteiger partial charge in [0.25, 0.3) is 0 Å². The summed E-state index contributed by atoms with van der Waals surface area (Å²) in [7, 11) is 0. The summed E-state index contributed by atoms with van der Waals surface area (Å²) in [6, 6.07) is 9.07. The molecular formula is C19H32N2. The number of piperidine rings is 1. The molecule has 0 bridgehead atoms. The third-order valence-corrected chi connectivity index (χ3v) is 4.49. The Balaban J connectivity index is 1.83. The van der Waals surface area contributed by atoms with Gasteiger partial charge < -0.3 is 5.32 Å². The molecule has 2 nitrogen and oxygen atoms in total. The minimum atomic E-state index is 0.541. The van der Waals surface area contributed by atoms with Gasteiger partial charge in [0.05, 0.1) is 0 Å². The zero-order valence-corrected chi connectivity index (χ0v) is 14.3. The molecule has 0 radical (unpaired) electrons.